The van der Waals surface area contributed by atoms with Crippen LogP contribution in [0, 0.1) is 6.92 Å². The summed E-state index contributed by atoms with van der Waals surface area (Å²) in [7, 11) is 0. The van der Waals surface area contributed by atoms with Crippen LogP contribution >= 0.6 is 31.9 Å². The van der Waals surface area contributed by atoms with E-state index in [1.165, 1.54) is 0 Å². The standard InChI is InChI=1S/C12H12Br2N2O5/c1-5-2-6(13)10(7(14)3-5)16-12(21)15-8(11(19)20)4-9(17)18/h2-3,8H,4H2,1H3,(H,17,18)(H,19,20)(H2,15,16,21)/t8-/m1/s1. The molecule has 0 heterocycles. The lowest BCUT2D eigenvalue weighted by Gasteiger charge is -2.15. The summed E-state index contributed by atoms with van der Waals surface area (Å²) in [5.74, 6) is -2.74. The first-order valence-electron chi connectivity index (χ1n) is 5.68. The molecule has 0 spiro atoms. The highest BCUT2D eigenvalue weighted by atomic mass is 79.9. The third kappa shape index (κ3) is 5.35. The fraction of sp³-hybridized carbons (Fsp3) is 0.250. The first-order chi connectivity index (χ1) is 9.70. The van der Waals surface area contributed by atoms with Crippen molar-refractivity contribution in [2.45, 2.75) is 19.4 Å². The maximum absolute atomic E-state index is 11.8. The summed E-state index contributed by atoms with van der Waals surface area (Å²) in [6.45, 7) is 1.87. The molecule has 0 fully saturated rings. The molecule has 114 valence electrons. The second kappa shape index (κ2) is 7.41. The molecule has 0 radical (unpaired) electrons. The van der Waals surface area contributed by atoms with E-state index < -0.39 is 30.4 Å². The minimum absolute atomic E-state index is 0.414. The van der Waals surface area contributed by atoms with E-state index in [2.05, 4.69) is 42.5 Å². The van der Waals surface area contributed by atoms with Crippen molar-refractivity contribution in [3.05, 3.63) is 26.6 Å². The van der Waals surface area contributed by atoms with Crippen LogP contribution in [0.3, 0.4) is 0 Å². The highest BCUT2D eigenvalue weighted by Crippen LogP contribution is 2.32. The van der Waals surface area contributed by atoms with Gasteiger partial charge in [0.15, 0.2) is 0 Å². The summed E-state index contributed by atoms with van der Waals surface area (Å²) >= 11 is 6.56. The number of hydrogen-bond donors (Lipinski definition) is 4. The Morgan fingerprint density at radius 2 is 1.71 bits per heavy atom. The monoisotopic (exact) mass is 422 g/mol. The molecule has 0 aliphatic rings. The van der Waals surface area contributed by atoms with Gasteiger partial charge in [-0.25, -0.2) is 9.59 Å². The van der Waals surface area contributed by atoms with Gasteiger partial charge in [-0.2, -0.15) is 0 Å². The van der Waals surface area contributed by atoms with Gasteiger partial charge in [0.25, 0.3) is 0 Å². The average molecular weight is 424 g/mol. The zero-order chi connectivity index (χ0) is 16.2. The zero-order valence-electron chi connectivity index (χ0n) is 10.8. The van der Waals surface area contributed by atoms with Crippen molar-refractivity contribution in [1.82, 2.24) is 5.32 Å². The lowest BCUT2D eigenvalue weighted by molar-refractivity contribution is -0.145. The Kier molecular flexibility index (Phi) is 6.16. The molecule has 9 heteroatoms. The number of aliphatic carboxylic acids is 2. The second-order valence-electron chi connectivity index (χ2n) is 4.19. The molecule has 0 bridgehead atoms. The first kappa shape index (κ1) is 17.4. The Bertz CT molecular complexity index is 568. The average Bonchev–Trinajstić information content (AvgIpc) is 2.32. The van der Waals surface area contributed by atoms with E-state index in [4.69, 9.17) is 10.2 Å². The number of carbonyl (C=O) groups is 3. The maximum Gasteiger partial charge on any atom is 0.326 e. The van der Waals surface area contributed by atoms with Crippen LogP contribution in [0.25, 0.3) is 0 Å². The molecule has 0 aliphatic heterocycles. The van der Waals surface area contributed by atoms with Crippen molar-refractivity contribution in [2.24, 2.45) is 0 Å². The molecule has 0 aromatic heterocycles. The minimum atomic E-state index is -1.51. The molecule has 4 N–H and O–H groups in total. The summed E-state index contributed by atoms with van der Waals surface area (Å²) in [4.78, 5) is 33.2. The Balaban J connectivity index is 2.82. The Morgan fingerprint density at radius 3 is 2.14 bits per heavy atom. The van der Waals surface area contributed by atoms with Crippen LogP contribution in [-0.4, -0.2) is 34.2 Å². The predicted octanol–water partition coefficient (Wildman–Crippen LogP) is 2.57. The molecule has 1 aromatic rings. The number of amides is 2. The summed E-state index contributed by atoms with van der Waals surface area (Å²) in [5, 5.41) is 22.0. The lowest BCUT2D eigenvalue weighted by atomic mass is 10.2. The van der Waals surface area contributed by atoms with Crippen LogP contribution in [0.2, 0.25) is 0 Å². The highest BCUT2D eigenvalue weighted by molar-refractivity contribution is 9.11. The number of urea groups is 1. The fourth-order valence-corrected chi connectivity index (χ4v) is 3.12. The van der Waals surface area contributed by atoms with Crippen molar-refractivity contribution in [1.29, 1.82) is 0 Å². The van der Waals surface area contributed by atoms with Gasteiger partial charge in [-0.3, -0.25) is 4.79 Å². The van der Waals surface area contributed by atoms with Crippen molar-refractivity contribution in [3.8, 4) is 0 Å². The van der Waals surface area contributed by atoms with Gasteiger partial charge >= 0.3 is 18.0 Å². The van der Waals surface area contributed by atoms with Gasteiger partial charge in [-0.1, -0.05) is 0 Å². The number of aryl methyl sites for hydroxylation is 1. The van der Waals surface area contributed by atoms with Crippen LogP contribution in [-0.2, 0) is 9.59 Å². The molecular weight excluding hydrogens is 412 g/mol. The molecule has 0 unspecified atom stereocenters. The molecule has 21 heavy (non-hydrogen) atoms. The molecule has 1 atom stereocenters. The molecule has 0 saturated carbocycles. The van der Waals surface area contributed by atoms with Crippen LogP contribution in [0.5, 0.6) is 0 Å². The molecular formula is C12H12Br2N2O5. The Labute approximate surface area is 137 Å². The minimum Gasteiger partial charge on any atom is -0.481 e. The quantitative estimate of drug-likeness (QED) is 0.580. The van der Waals surface area contributed by atoms with E-state index >= 15 is 0 Å². The topological polar surface area (TPSA) is 116 Å². The van der Waals surface area contributed by atoms with Gasteiger partial charge in [0.05, 0.1) is 12.1 Å². The van der Waals surface area contributed by atoms with Gasteiger partial charge in [0, 0.05) is 8.95 Å². The summed E-state index contributed by atoms with van der Waals surface area (Å²) in [6, 6.07) is 1.22. The number of carbonyl (C=O) groups excluding carboxylic acids is 1. The molecule has 0 saturated heterocycles. The van der Waals surface area contributed by atoms with Crippen LogP contribution in [0.4, 0.5) is 10.5 Å². The van der Waals surface area contributed by atoms with Crippen LogP contribution in [0.1, 0.15) is 12.0 Å². The van der Waals surface area contributed by atoms with E-state index in [-0.39, 0.29) is 0 Å². The van der Waals surface area contributed by atoms with Crippen molar-refractivity contribution >= 4 is 55.5 Å². The summed E-state index contributed by atoms with van der Waals surface area (Å²) in [5.41, 5.74) is 1.37. The van der Waals surface area contributed by atoms with Crippen molar-refractivity contribution < 1.29 is 24.6 Å². The van der Waals surface area contributed by atoms with Gasteiger partial charge in [-0.05, 0) is 56.5 Å². The van der Waals surface area contributed by atoms with Crippen molar-refractivity contribution in [2.75, 3.05) is 5.32 Å². The molecule has 7 nitrogen and oxygen atoms in total. The van der Waals surface area contributed by atoms with Gasteiger partial charge < -0.3 is 20.8 Å². The number of halogens is 2. The third-order valence-electron chi connectivity index (χ3n) is 2.41. The first-order valence-corrected chi connectivity index (χ1v) is 7.27. The van der Waals surface area contributed by atoms with Crippen molar-refractivity contribution in [3.63, 3.8) is 0 Å². The molecule has 1 aromatic carbocycles. The van der Waals surface area contributed by atoms with E-state index in [0.29, 0.717) is 14.6 Å². The largest absolute Gasteiger partial charge is 0.481 e. The number of carboxylic acid groups (broad SMARTS) is 2. The molecule has 2 amide bonds. The van der Waals surface area contributed by atoms with Gasteiger partial charge in [0.1, 0.15) is 6.04 Å². The van der Waals surface area contributed by atoms with Gasteiger partial charge in [-0.15, -0.1) is 0 Å². The van der Waals surface area contributed by atoms with E-state index in [1.807, 2.05) is 6.92 Å². The smallest absolute Gasteiger partial charge is 0.326 e. The van der Waals surface area contributed by atoms with Crippen LogP contribution in [0.15, 0.2) is 21.1 Å². The number of rotatable bonds is 5. The summed E-state index contributed by atoms with van der Waals surface area (Å²) in [6.07, 6.45) is -0.709. The fourth-order valence-electron chi connectivity index (χ4n) is 1.50. The molecule has 0 aliphatic carbocycles. The molecule has 1 rings (SSSR count). The maximum atomic E-state index is 11.8. The lowest BCUT2D eigenvalue weighted by Crippen LogP contribution is -2.44. The number of nitrogens with one attached hydrogen (secondary N) is 2. The number of carboxylic acids is 2. The summed E-state index contributed by atoms with van der Waals surface area (Å²) < 4.78 is 1.21. The second-order valence-corrected chi connectivity index (χ2v) is 5.90. The van der Waals surface area contributed by atoms with Gasteiger partial charge in [0.2, 0.25) is 0 Å². The van der Waals surface area contributed by atoms with E-state index in [1.54, 1.807) is 12.1 Å². The normalized spacial score (nSPS) is 11.6. The van der Waals surface area contributed by atoms with E-state index in [9.17, 15) is 14.4 Å². The number of anilines is 1. The third-order valence-corrected chi connectivity index (χ3v) is 3.66. The number of hydrogen-bond acceptors (Lipinski definition) is 3. The van der Waals surface area contributed by atoms with E-state index in [0.717, 1.165) is 5.56 Å². The number of benzene rings is 1. The predicted molar refractivity (Wildman–Crippen MR) is 82.4 cm³/mol. The highest BCUT2D eigenvalue weighted by Gasteiger charge is 2.23. The van der Waals surface area contributed by atoms with Crippen LogP contribution < -0.4 is 10.6 Å². The Hall–Kier alpha value is -1.61. The SMILES string of the molecule is Cc1cc(Br)c(NC(=O)N[C@H](CC(=O)O)C(=O)O)c(Br)c1. The Morgan fingerprint density at radius 1 is 1.19 bits per heavy atom. The zero-order valence-corrected chi connectivity index (χ0v) is 14.0.